The summed E-state index contributed by atoms with van der Waals surface area (Å²) in [6.07, 6.45) is 0.791. The molecule has 2 aromatic carbocycles. The van der Waals surface area contributed by atoms with Crippen LogP contribution in [-0.4, -0.2) is 18.4 Å². The van der Waals surface area contributed by atoms with Crippen LogP contribution in [0.5, 0.6) is 0 Å². The van der Waals surface area contributed by atoms with Crippen LogP contribution in [0.3, 0.4) is 0 Å². The highest BCUT2D eigenvalue weighted by Gasteiger charge is 2.23. The number of carbonyl (C=O) groups excluding carboxylic acids is 2. The van der Waals surface area contributed by atoms with E-state index in [-0.39, 0.29) is 11.8 Å². The minimum absolute atomic E-state index is 0.0383. The van der Waals surface area contributed by atoms with Crippen LogP contribution in [0, 0.1) is 13.8 Å². The molecule has 0 saturated heterocycles. The van der Waals surface area contributed by atoms with Crippen LogP contribution >= 0.6 is 0 Å². The van der Waals surface area contributed by atoms with Gasteiger partial charge in [0.1, 0.15) is 0 Å². The molecule has 0 atom stereocenters. The van der Waals surface area contributed by atoms with Gasteiger partial charge in [0.15, 0.2) is 0 Å². The summed E-state index contributed by atoms with van der Waals surface area (Å²) in [6, 6.07) is 11.5. The monoisotopic (exact) mass is 308 g/mol. The van der Waals surface area contributed by atoms with E-state index in [0.29, 0.717) is 12.1 Å². The summed E-state index contributed by atoms with van der Waals surface area (Å²) >= 11 is 0. The molecule has 2 aromatic rings. The molecule has 1 N–H and O–H groups in total. The zero-order valence-electron chi connectivity index (χ0n) is 13.6. The number of anilines is 2. The van der Waals surface area contributed by atoms with Crippen molar-refractivity contribution in [2.24, 2.45) is 0 Å². The van der Waals surface area contributed by atoms with Crippen molar-refractivity contribution in [1.82, 2.24) is 0 Å². The highest BCUT2D eigenvalue weighted by molar-refractivity contribution is 6.05. The fourth-order valence-corrected chi connectivity index (χ4v) is 2.94. The van der Waals surface area contributed by atoms with Crippen molar-refractivity contribution < 1.29 is 9.59 Å². The van der Waals surface area contributed by atoms with Crippen LogP contribution < -0.4 is 10.2 Å². The molecule has 118 valence electrons. The Bertz CT molecular complexity index is 796. The molecule has 2 amide bonds. The third-order valence-corrected chi connectivity index (χ3v) is 4.26. The molecule has 4 nitrogen and oxygen atoms in total. The molecule has 1 aliphatic heterocycles. The van der Waals surface area contributed by atoms with Crippen molar-refractivity contribution >= 4 is 23.2 Å². The van der Waals surface area contributed by atoms with Crippen LogP contribution in [0.25, 0.3) is 0 Å². The Labute approximate surface area is 136 Å². The molecule has 1 aliphatic rings. The Morgan fingerprint density at radius 1 is 1.09 bits per heavy atom. The maximum Gasteiger partial charge on any atom is 0.255 e. The number of benzene rings is 2. The number of nitrogens with zero attached hydrogens (tertiary/aromatic N) is 1. The molecule has 0 aliphatic carbocycles. The van der Waals surface area contributed by atoms with Gasteiger partial charge in [0, 0.05) is 30.4 Å². The van der Waals surface area contributed by atoms with Gasteiger partial charge in [-0.1, -0.05) is 12.1 Å². The second kappa shape index (κ2) is 5.88. The van der Waals surface area contributed by atoms with E-state index >= 15 is 0 Å². The summed E-state index contributed by atoms with van der Waals surface area (Å²) in [5.74, 6) is -0.0842. The highest BCUT2D eigenvalue weighted by atomic mass is 16.2. The zero-order valence-corrected chi connectivity index (χ0v) is 13.6. The fraction of sp³-hybridized carbons (Fsp3) is 0.263. The first kappa shape index (κ1) is 15.3. The second-order valence-electron chi connectivity index (χ2n) is 6.04. The average molecular weight is 308 g/mol. The molecule has 0 fully saturated rings. The van der Waals surface area contributed by atoms with Crippen molar-refractivity contribution in [2.45, 2.75) is 27.2 Å². The summed E-state index contributed by atoms with van der Waals surface area (Å²) in [7, 11) is 0. The molecule has 0 radical (unpaired) electrons. The third-order valence-electron chi connectivity index (χ3n) is 4.26. The van der Waals surface area contributed by atoms with E-state index in [1.54, 1.807) is 17.9 Å². The Hall–Kier alpha value is -2.62. The zero-order chi connectivity index (χ0) is 16.6. The normalized spacial score (nSPS) is 12.9. The lowest BCUT2D eigenvalue weighted by molar-refractivity contribution is -0.116. The Kier molecular flexibility index (Phi) is 3.90. The van der Waals surface area contributed by atoms with E-state index in [0.717, 1.165) is 34.5 Å². The molecule has 0 aromatic heterocycles. The molecule has 0 spiro atoms. The molecule has 23 heavy (non-hydrogen) atoms. The van der Waals surface area contributed by atoms with Crippen molar-refractivity contribution in [3.8, 4) is 0 Å². The highest BCUT2D eigenvalue weighted by Crippen LogP contribution is 2.29. The molecular formula is C19H20N2O2. The van der Waals surface area contributed by atoms with Gasteiger partial charge in [0.2, 0.25) is 5.91 Å². The molecule has 0 bridgehead atoms. The summed E-state index contributed by atoms with van der Waals surface area (Å²) in [5, 5.41) is 2.97. The number of rotatable bonds is 2. The quantitative estimate of drug-likeness (QED) is 0.923. The Morgan fingerprint density at radius 3 is 2.61 bits per heavy atom. The number of hydrogen-bond donors (Lipinski definition) is 1. The predicted molar refractivity (Wildman–Crippen MR) is 92.0 cm³/mol. The van der Waals surface area contributed by atoms with Gasteiger partial charge in [-0.3, -0.25) is 9.59 Å². The molecule has 4 heteroatoms. The maximum absolute atomic E-state index is 12.5. The Balaban J connectivity index is 1.84. The standard InChI is InChI=1S/C19H20N2O2/c1-12-4-5-13(2)17(10-12)20-19(23)16-6-7-18-15(11-16)8-9-21(18)14(3)22/h4-7,10-11H,8-9H2,1-3H3,(H,20,23). The van der Waals surface area contributed by atoms with Gasteiger partial charge < -0.3 is 10.2 Å². The van der Waals surface area contributed by atoms with Crippen LogP contribution in [0.2, 0.25) is 0 Å². The SMILES string of the molecule is CC(=O)N1CCc2cc(C(=O)Nc3cc(C)ccc3C)ccc21. The Morgan fingerprint density at radius 2 is 1.87 bits per heavy atom. The maximum atomic E-state index is 12.5. The van der Waals surface area contributed by atoms with Crippen LogP contribution in [0.4, 0.5) is 11.4 Å². The fourth-order valence-electron chi connectivity index (χ4n) is 2.94. The molecule has 1 heterocycles. The lowest BCUT2D eigenvalue weighted by Gasteiger charge is -2.15. The smallest absolute Gasteiger partial charge is 0.255 e. The summed E-state index contributed by atoms with van der Waals surface area (Å²) in [5.41, 5.74) is 5.57. The van der Waals surface area contributed by atoms with Gasteiger partial charge in [-0.25, -0.2) is 0 Å². The van der Waals surface area contributed by atoms with Crippen molar-refractivity contribution in [1.29, 1.82) is 0 Å². The summed E-state index contributed by atoms with van der Waals surface area (Å²) in [6.45, 7) is 6.23. The van der Waals surface area contributed by atoms with Gasteiger partial charge in [-0.05, 0) is 61.2 Å². The van der Waals surface area contributed by atoms with Crippen LogP contribution in [0.1, 0.15) is 34.0 Å². The summed E-state index contributed by atoms with van der Waals surface area (Å²) in [4.78, 5) is 25.8. The molecule has 0 unspecified atom stereocenters. The first-order valence-corrected chi connectivity index (χ1v) is 7.75. The molecule has 0 saturated carbocycles. The minimum Gasteiger partial charge on any atom is -0.322 e. The molecule has 3 rings (SSSR count). The number of nitrogens with one attached hydrogen (secondary N) is 1. The lowest BCUT2D eigenvalue weighted by atomic mass is 10.1. The van der Waals surface area contributed by atoms with Gasteiger partial charge in [-0.15, -0.1) is 0 Å². The van der Waals surface area contributed by atoms with Crippen molar-refractivity contribution in [3.05, 3.63) is 58.7 Å². The first-order valence-electron chi connectivity index (χ1n) is 7.75. The van der Waals surface area contributed by atoms with Crippen LogP contribution in [0.15, 0.2) is 36.4 Å². The number of carbonyl (C=O) groups is 2. The van der Waals surface area contributed by atoms with Gasteiger partial charge >= 0.3 is 0 Å². The minimum atomic E-state index is -0.122. The number of aryl methyl sites for hydroxylation is 2. The third kappa shape index (κ3) is 2.97. The van der Waals surface area contributed by atoms with Gasteiger partial charge in [0.05, 0.1) is 0 Å². The van der Waals surface area contributed by atoms with E-state index in [1.807, 2.05) is 44.2 Å². The predicted octanol–water partition coefficient (Wildman–Crippen LogP) is 3.46. The van der Waals surface area contributed by atoms with Crippen LogP contribution in [-0.2, 0) is 11.2 Å². The second-order valence-corrected chi connectivity index (χ2v) is 6.04. The average Bonchev–Trinajstić information content (AvgIpc) is 2.94. The topological polar surface area (TPSA) is 49.4 Å². The van der Waals surface area contributed by atoms with E-state index in [4.69, 9.17) is 0 Å². The molecular weight excluding hydrogens is 288 g/mol. The summed E-state index contributed by atoms with van der Waals surface area (Å²) < 4.78 is 0. The van der Waals surface area contributed by atoms with Gasteiger partial charge in [0.25, 0.3) is 5.91 Å². The van der Waals surface area contributed by atoms with Crippen molar-refractivity contribution in [3.63, 3.8) is 0 Å². The first-order chi connectivity index (χ1) is 11.0. The van der Waals surface area contributed by atoms with Crippen molar-refractivity contribution in [2.75, 3.05) is 16.8 Å². The van der Waals surface area contributed by atoms with E-state index in [9.17, 15) is 9.59 Å². The van der Waals surface area contributed by atoms with E-state index in [2.05, 4.69) is 5.32 Å². The number of hydrogen-bond acceptors (Lipinski definition) is 2. The number of amides is 2. The lowest BCUT2D eigenvalue weighted by Crippen LogP contribution is -2.25. The number of fused-ring (bicyclic) bond motifs is 1. The largest absolute Gasteiger partial charge is 0.322 e. The van der Waals surface area contributed by atoms with E-state index < -0.39 is 0 Å². The van der Waals surface area contributed by atoms with E-state index in [1.165, 1.54) is 0 Å². The van der Waals surface area contributed by atoms with Gasteiger partial charge in [-0.2, -0.15) is 0 Å².